The lowest BCUT2D eigenvalue weighted by Crippen LogP contribution is -2.49. The van der Waals surface area contributed by atoms with Crippen molar-refractivity contribution in [3.05, 3.63) is 64.7 Å². The summed E-state index contributed by atoms with van der Waals surface area (Å²) in [5, 5.41) is 3.35. The van der Waals surface area contributed by atoms with E-state index in [0.29, 0.717) is 36.6 Å². The SMILES string of the molecule is CCCCNC(=O)[C@@H](C)N(CCc1ccccc1)C(=O)CCCN(c1cc(Cl)ccc1C)S(C)(=O)=O. The fraction of sp³-hybridized carbons (Fsp3) is 0.481. The van der Waals surface area contributed by atoms with Crippen LogP contribution in [0.1, 0.15) is 50.7 Å². The third-order valence-electron chi connectivity index (χ3n) is 6.07. The minimum atomic E-state index is -3.58. The Bertz CT molecular complexity index is 1110. The molecule has 2 rings (SSSR count). The van der Waals surface area contributed by atoms with Gasteiger partial charge < -0.3 is 10.2 Å². The number of anilines is 1. The number of sulfonamides is 1. The molecule has 2 aromatic rings. The van der Waals surface area contributed by atoms with Gasteiger partial charge in [-0.3, -0.25) is 13.9 Å². The summed E-state index contributed by atoms with van der Waals surface area (Å²) in [6, 6.07) is 14.3. The summed E-state index contributed by atoms with van der Waals surface area (Å²) in [6.45, 7) is 6.71. The van der Waals surface area contributed by atoms with E-state index in [9.17, 15) is 18.0 Å². The van der Waals surface area contributed by atoms with E-state index in [1.807, 2.05) is 37.3 Å². The van der Waals surface area contributed by atoms with E-state index in [1.165, 1.54) is 4.31 Å². The fourth-order valence-electron chi connectivity index (χ4n) is 3.94. The van der Waals surface area contributed by atoms with E-state index in [-0.39, 0.29) is 24.8 Å². The molecule has 0 aromatic heterocycles. The number of rotatable bonds is 14. The molecule has 9 heteroatoms. The van der Waals surface area contributed by atoms with Gasteiger partial charge in [-0.15, -0.1) is 0 Å². The van der Waals surface area contributed by atoms with Gasteiger partial charge >= 0.3 is 0 Å². The van der Waals surface area contributed by atoms with E-state index < -0.39 is 16.1 Å². The molecule has 0 heterocycles. The molecule has 0 unspecified atom stereocenters. The molecule has 2 aromatic carbocycles. The zero-order valence-corrected chi connectivity index (χ0v) is 23.2. The van der Waals surface area contributed by atoms with Gasteiger partial charge in [0.25, 0.3) is 0 Å². The average molecular weight is 536 g/mol. The molecule has 0 aliphatic carbocycles. The number of carbonyl (C=O) groups is 2. The Balaban J connectivity index is 2.12. The van der Waals surface area contributed by atoms with E-state index >= 15 is 0 Å². The number of halogens is 1. The molecule has 0 bridgehead atoms. The van der Waals surface area contributed by atoms with Gasteiger partial charge in [-0.1, -0.05) is 61.3 Å². The summed E-state index contributed by atoms with van der Waals surface area (Å²) in [7, 11) is -3.58. The standard InChI is InChI=1S/C27H38ClN3O4S/c1-5-6-17-29-27(33)22(3)30(19-16-23-11-8-7-9-12-23)26(32)13-10-18-31(36(4,34)35)25-20-24(28)15-14-21(25)2/h7-9,11-12,14-15,20,22H,5-6,10,13,16-19H2,1-4H3,(H,29,33)/t22-/m1/s1. The lowest BCUT2D eigenvalue weighted by molar-refractivity contribution is -0.139. The van der Waals surface area contributed by atoms with E-state index in [4.69, 9.17) is 11.6 Å². The molecule has 198 valence electrons. The summed E-state index contributed by atoms with van der Waals surface area (Å²) < 4.78 is 26.3. The highest BCUT2D eigenvalue weighted by atomic mass is 35.5. The maximum atomic E-state index is 13.3. The quantitative estimate of drug-likeness (QED) is 0.359. The second-order valence-electron chi connectivity index (χ2n) is 9.01. The van der Waals surface area contributed by atoms with Gasteiger partial charge in [-0.05, 0) is 56.4 Å². The lowest BCUT2D eigenvalue weighted by atomic mass is 10.1. The number of hydrogen-bond acceptors (Lipinski definition) is 4. The molecule has 1 N–H and O–H groups in total. The van der Waals surface area contributed by atoms with Crippen LogP contribution in [0, 0.1) is 6.92 Å². The number of hydrogen-bond donors (Lipinski definition) is 1. The number of unbranched alkanes of at least 4 members (excludes halogenated alkanes) is 1. The summed E-state index contributed by atoms with van der Waals surface area (Å²) in [4.78, 5) is 27.6. The minimum Gasteiger partial charge on any atom is -0.354 e. The monoisotopic (exact) mass is 535 g/mol. The van der Waals surface area contributed by atoms with Crippen molar-refractivity contribution in [2.24, 2.45) is 0 Å². The first kappa shape index (κ1) is 29.6. The van der Waals surface area contributed by atoms with Crippen LogP contribution in [0.15, 0.2) is 48.5 Å². The molecule has 2 amide bonds. The highest BCUT2D eigenvalue weighted by Crippen LogP contribution is 2.26. The molecule has 0 aliphatic rings. The molecular weight excluding hydrogens is 498 g/mol. The van der Waals surface area contributed by atoms with Crippen molar-refractivity contribution in [3.8, 4) is 0 Å². The zero-order valence-electron chi connectivity index (χ0n) is 21.7. The summed E-state index contributed by atoms with van der Waals surface area (Å²) >= 11 is 6.11. The van der Waals surface area contributed by atoms with Gasteiger partial charge in [-0.25, -0.2) is 8.42 Å². The molecule has 0 saturated heterocycles. The van der Waals surface area contributed by atoms with E-state index in [0.717, 1.165) is 30.2 Å². The smallest absolute Gasteiger partial charge is 0.242 e. The third-order valence-corrected chi connectivity index (χ3v) is 7.49. The Morgan fingerprint density at radius 2 is 1.75 bits per heavy atom. The van der Waals surface area contributed by atoms with Crippen LogP contribution in [0.5, 0.6) is 0 Å². The molecule has 0 fully saturated rings. The second kappa shape index (κ2) is 14.2. The van der Waals surface area contributed by atoms with Crippen molar-refractivity contribution in [3.63, 3.8) is 0 Å². The molecule has 1 atom stereocenters. The Morgan fingerprint density at radius 3 is 2.39 bits per heavy atom. The Labute approximate surface area is 220 Å². The normalized spacial score (nSPS) is 12.1. The van der Waals surface area contributed by atoms with Crippen LogP contribution in [-0.2, 0) is 26.0 Å². The van der Waals surface area contributed by atoms with Gasteiger partial charge in [0, 0.05) is 31.1 Å². The number of amides is 2. The predicted molar refractivity (Wildman–Crippen MR) is 147 cm³/mol. The van der Waals surface area contributed by atoms with Crippen LogP contribution in [0.2, 0.25) is 5.02 Å². The zero-order chi connectivity index (χ0) is 26.7. The topological polar surface area (TPSA) is 86.8 Å². The van der Waals surface area contributed by atoms with Crippen LogP contribution < -0.4 is 9.62 Å². The number of aryl methyl sites for hydroxylation is 1. The Hall–Kier alpha value is -2.58. The van der Waals surface area contributed by atoms with Crippen LogP contribution in [0.4, 0.5) is 5.69 Å². The van der Waals surface area contributed by atoms with Gasteiger partial charge in [0.1, 0.15) is 6.04 Å². The summed E-state index contributed by atoms with van der Waals surface area (Å²) in [5.74, 6) is -0.363. The van der Waals surface area contributed by atoms with Gasteiger partial charge in [0.15, 0.2) is 0 Å². The van der Waals surface area contributed by atoms with Crippen molar-refractivity contribution in [2.45, 2.75) is 58.9 Å². The highest BCUT2D eigenvalue weighted by Gasteiger charge is 2.26. The Morgan fingerprint density at radius 1 is 1.06 bits per heavy atom. The van der Waals surface area contributed by atoms with Crippen LogP contribution in [0.25, 0.3) is 0 Å². The van der Waals surface area contributed by atoms with Gasteiger partial charge in [0.05, 0.1) is 11.9 Å². The number of benzene rings is 2. The van der Waals surface area contributed by atoms with Crippen LogP contribution in [-0.4, -0.2) is 57.1 Å². The van der Waals surface area contributed by atoms with Crippen LogP contribution >= 0.6 is 11.6 Å². The predicted octanol–water partition coefficient (Wildman–Crippen LogP) is 4.57. The third kappa shape index (κ3) is 9.13. The average Bonchev–Trinajstić information content (AvgIpc) is 2.83. The van der Waals surface area contributed by atoms with E-state index in [1.54, 1.807) is 30.0 Å². The molecule has 0 saturated carbocycles. The maximum absolute atomic E-state index is 13.3. The largest absolute Gasteiger partial charge is 0.354 e. The van der Waals surface area contributed by atoms with Crippen molar-refractivity contribution >= 4 is 39.1 Å². The lowest BCUT2D eigenvalue weighted by Gasteiger charge is -2.29. The second-order valence-corrected chi connectivity index (χ2v) is 11.4. The van der Waals surface area contributed by atoms with Crippen LogP contribution in [0.3, 0.4) is 0 Å². The molecular formula is C27H38ClN3O4S. The number of nitrogens with one attached hydrogen (secondary N) is 1. The van der Waals surface area contributed by atoms with E-state index in [2.05, 4.69) is 12.2 Å². The molecule has 0 spiro atoms. The van der Waals surface area contributed by atoms with Gasteiger partial charge in [0.2, 0.25) is 21.8 Å². The molecule has 7 nitrogen and oxygen atoms in total. The summed E-state index contributed by atoms with van der Waals surface area (Å²) in [6.07, 6.45) is 4.03. The van der Waals surface area contributed by atoms with Crippen molar-refractivity contribution in [1.29, 1.82) is 0 Å². The van der Waals surface area contributed by atoms with Crippen molar-refractivity contribution < 1.29 is 18.0 Å². The molecule has 0 aliphatic heterocycles. The Kier molecular flexibility index (Phi) is 11.7. The molecule has 0 radical (unpaired) electrons. The first-order valence-corrected chi connectivity index (χ1v) is 14.6. The summed E-state index contributed by atoms with van der Waals surface area (Å²) in [5.41, 5.74) is 2.36. The van der Waals surface area contributed by atoms with Crippen molar-refractivity contribution in [1.82, 2.24) is 10.2 Å². The minimum absolute atomic E-state index is 0.118. The highest BCUT2D eigenvalue weighted by molar-refractivity contribution is 7.92. The first-order valence-electron chi connectivity index (χ1n) is 12.4. The molecule has 36 heavy (non-hydrogen) atoms. The fourth-order valence-corrected chi connectivity index (χ4v) is 5.12. The van der Waals surface area contributed by atoms with Gasteiger partial charge in [-0.2, -0.15) is 0 Å². The maximum Gasteiger partial charge on any atom is 0.242 e. The number of carbonyl (C=O) groups excluding carboxylic acids is 2. The van der Waals surface area contributed by atoms with Crippen molar-refractivity contribution in [2.75, 3.05) is 30.2 Å². The first-order chi connectivity index (χ1) is 17.0. The number of nitrogens with zero attached hydrogens (tertiary/aromatic N) is 2.